The van der Waals surface area contributed by atoms with Crippen molar-refractivity contribution in [2.24, 2.45) is 4.99 Å². The summed E-state index contributed by atoms with van der Waals surface area (Å²) in [6.07, 6.45) is -0.449. The minimum Gasteiger partial charge on any atom is -0.406 e. The Morgan fingerprint density at radius 1 is 0.953 bits per heavy atom. The SMILES string of the molecule is Cc1cccc(C)c1-n1c(C)cs/c1=N\C(=O)CCCCc1ccc(-c2ncn(-c3ccc(OC(F)(F)F)cc3)n2)cc1. The Labute approximate surface area is 251 Å². The first kappa shape index (κ1) is 30.0. The minimum absolute atomic E-state index is 0.124. The van der Waals surface area contributed by atoms with Crippen molar-refractivity contribution in [1.29, 1.82) is 0 Å². The van der Waals surface area contributed by atoms with Gasteiger partial charge in [0, 0.05) is 23.1 Å². The molecule has 43 heavy (non-hydrogen) atoms. The van der Waals surface area contributed by atoms with Gasteiger partial charge >= 0.3 is 6.36 Å². The van der Waals surface area contributed by atoms with Crippen LogP contribution in [-0.4, -0.2) is 31.6 Å². The van der Waals surface area contributed by atoms with Crippen molar-refractivity contribution in [3.8, 4) is 28.5 Å². The first-order valence-corrected chi connectivity index (χ1v) is 14.6. The Balaban J connectivity index is 1.15. The molecule has 0 saturated heterocycles. The van der Waals surface area contributed by atoms with Crippen LogP contribution in [0.5, 0.6) is 5.75 Å². The van der Waals surface area contributed by atoms with E-state index in [0.717, 1.165) is 52.9 Å². The molecule has 0 saturated carbocycles. The summed E-state index contributed by atoms with van der Waals surface area (Å²) in [6, 6.07) is 19.5. The molecule has 222 valence electrons. The van der Waals surface area contributed by atoms with Crippen molar-refractivity contribution in [2.75, 3.05) is 0 Å². The van der Waals surface area contributed by atoms with E-state index in [9.17, 15) is 18.0 Å². The van der Waals surface area contributed by atoms with Gasteiger partial charge in [-0.05, 0) is 81.0 Å². The molecule has 5 aromatic rings. The van der Waals surface area contributed by atoms with E-state index in [-0.39, 0.29) is 11.7 Å². The van der Waals surface area contributed by atoms with Crippen LogP contribution in [0.3, 0.4) is 0 Å². The number of aromatic nitrogens is 4. The highest BCUT2D eigenvalue weighted by Crippen LogP contribution is 2.24. The molecule has 11 heteroatoms. The molecule has 0 aliphatic rings. The normalized spacial score (nSPS) is 12.1. The smallest absolute Gasteiger partial charge is 0.406 e. The molecule has 0 unspecified atom stereocenters. The number of rotatable bonds is 9. The fourth-order valence-electron chi connectivity index (χ4n) is 4.81. The van der Waals surface area contributed by atoms with Crippen LogP contribution in [0.4, 0.5) is 13.2 Å². The highest BCUT2D eigenvalue weighted by molar-refractivity contribution is 7.07. The van der Waals surface area contributed by atoms with E-state index < -0.39 is 6.36 Å². The highest BCUT2D eigenvalue weighted by Gasteiger charge is 2.31. The molecule has 0 spiro atoms. The van der Waals surface area contributed by atoms with Crippen LogP contribution >= 0.6 is 11.3 Å². The lowest BCUT2D eigenvalue weighted by molar-refractivity contribution is -0.274. The van der Waals surface area contributed by atoms with Gasteiger partial charge in [-0.3, -0.25) is 9.36 Å². The molecule has 0 radical (unpaired) electrons. The van der Waals surface area contributed by atoms with Gasteiger partial charge in [-0.2, -0.15) is 4.99 Å². The van der Waals surface area contributed by atoms with Crippen LogP contribution in [0.25, 0.3) is 22.8 Å². The van der Waals surface area contributed by atoms with Gasteiger partial charge in [0.25, 0.3) is 0 Å². The van der Waals surface area contributed by atoms with Gasteiger partial charge in [-0.1, -0.05) is 42.5 Å². The van der Waals surface area contributed by atoms with E-state index >= 15 is 0 Å². The van der Waals surface area contributed by atoms with Gasteiger partial charge < -0.3 is 4.74 Å². The number of thiazole rings is 1. The molecule has 0 atom stereocenters. The minimum atomic E-state index is -4.74. The Morgan fingerprint density at radius 2 is 1.65 bits per heavy atom. The van der Waals surface area contributed by atoms with Crippen molar-refractivity contribution in [3.63, 3.8) is 0 Å². The zero-order valence-corrected chi connectivity index (χ0v) is 24.7. The van der Waals surface area contributed by atoms with Crippen LogP contribution in [0, 0.1) is 20.8 Å². The predicted octanol–water partition coefficient (Wildman–Crippen LogP) is 7.45. The lowest BCUT2D eigenvalue weighted by Gasteiger charge is -2.12. The Hall–Kier alpha value is -4.51. The maximum absolute atomic E-state index is 12.7. The molecule has 0 aliphatic heterocycles. The average molecular weight is 606 g/mol. The number of alkyl halides is 3. The van der Waals surface area contributed by atoms with Gasteiger partial charge in [0.05, 0.1) is 11.4 Å². The van der Waals surface area contributed by atoms with Crippen molar-refractivity contribution in [1.82, 2.24) is 19.3 Å². The zero-order valence-electron chi connectivity index (χ0n) is 23.9. The first-order valence-electron chi connectivity index (χ1n) is 13.8. The number of hydrogen-bond acceptors (Lipinski definition) is 5. The standard InChI is InChI=1S/C32H30F3N5O2S/c1-21-7-6-8-22(2)29(21)40-23(3)19-43-31(40)37-28(41)10-5-4-9-24-11-13-25(14-12-24)30-36-20-39(38-30)26-15-17-27(18-16-26)42-32(33,34)35/h6-8,11-20H,4-5,9-10H2,1-3H3/b37-31-. The largest absolute Gasteiger partial charge is 0.573 e. The summed E-state index contributed by atoms with van der Waals surface area (Å²) in [7, 11) is 0. The number of unbranched alkanes of at least 4 members (excludes halogenated alkanes) is 1. The molecular weight excluding hydrogens is 575 g/mol. The maximum Gasteiger partial charge on any atom is 0.573 e. The molecule has 1 amide bonds. The summed E-state index contributed by atoms with van der Waals surface area (Å²) in [4.78, 5) is 22.2. The number of nitrogens with zero attached hydrogens (tertiary/aromatic N) is 5. The fraction of sp³-hybridized carbons (Fsp3) is 0.250. The second-order valence-corrected chi connectivity index (χ2v) is 11.0. The predicted molar refractivity (Wildman–Crippen MR) is 159 cm³/mol. The summed E-state index contributed by atoms with van der Waals surface area (Å²) in [5.74, 6) is 0.0718. The molecule has 0 N–H and O–H groups in total. The number of benzene rings is 3. The summed E-state index contributed by atoms with van der Waals surface area (Å²) in [5, 5.41) is 6.47. The van der Waals surface area contributed by atoms with E-state index in [4.69, 9.17) is 0 Å². The third-order valence-electron chi connectivity index (χ3n) is 6.91. The Morgan fingerprint density at radius 3 is 2.33 bits per heavy atom. The van der Waals surface area contributed by atoms with Gasteiger partial charge in [0.2, 0.25) is 5.91 Å². The van der Waals surface area contributed by atoms with E-state index in [1.54, 1.807) is 0 Å². The van der Waals surface area contributed by atoms with Crippen molar-refractivity contribution >= 4 is 17.2 Å². The zero-order chi connectivity index (χ0) is 30.6. The van der Waals surface area contributed by atoms with E-state index in [1.165, 1.54) is 46.6 Å². The lowest BCUT2D eigenvalue weighted by atomic mass is 10.0. The monoisotopic (exact) mass is 605 g/mol. The summed E-state index contributed by atoms with van der Waals surface area (Å²) >= 11 is 1.48. The summed E-state index contributed by atoms with van der Waals surface area (Å²) in [6.45, 7) is 6.16. The molecule has 5 rings (SSSR count). The number of carbonyl (C=O) groups excluding carboxylic acids is 1. The summed E-state index contributed by atoms with van der Waals surface area (Å²) in [5.41, 5.74) is 6.91. The van der Waals surface area contributed by atoms with Crippen LogP contribution in [-0.2, 0) is 11.2 Å². The molecular formula is C32H30F3N5O2S. The second-order valence-electron chi connectivity index (χ2n) is 10.2. The van der Waals surface area contributed by atoms with Crippen molar-refractivity contribution in [2.45, 2.75) is 52.8 Å². The Kier molecular flexibility index (Phi) is 8.91. The number of aryl methyl sites for hydroxylation is 4. The van der Waals surface area contributed by atoms with Gasteiger partial charge in [0.1, 0.15) is 12.1 Å². The molecule has 0 fully saturated rings. The third kappa shape index (κ3) is 7.47. The number of hydrogen-bond donors (Lipinski definition) is 0. The summed E-state index contributed by atoms with van der Waals surface area (Å²) < 4.78 is 44.6. The molecule has 0 aliphatic carbocycles. The Bertz CT molecular complexity index is 1770. The van der Waals surface area contributed by atoms with Gasteiger partial charge in [-0.15, -0.1) is 29.6 Å². The second kappa shape index (κ2) is 12.8. The molecule has 2 heterocycles. The number of amides is 1. The van der Waals surface area contributed by atoms with Crippen molar-refractivity contribution < 1.29 is 22.7 Å². The van der Waals surface area contributed by atoms with Crippen LogP contribution in [0.1, 0.15) is 41.6 Å². The van der Waals surface area contributed by atoms with Crippen LogP contribution in [0.2, 0.25) is 0 Å². The quantitative estimate of drug-likeness (QED) is 0.164. The van der Waals surface area contributed by atoms with Crippen LogP contribution < -0.4 is 9.54 Å². The number of carbonyl (C=O) groups is 1. The fourth-order valence-corrected chi connectivity index (χ4v) is 5.69. The molecule has 3 aromatic carbocycles. The van der Waals surface area contributed by atoms with Gasteiger partial charge in [-0.25, -0.2) is 9.67 Å². The third-order valence-corrected chi connectivity index (χ3v) is 7.85. The van der Waals surface area contributed by atoms with E-state index in [0.29, 0.717) is 22.7 Å². The lowest BCUT2D eigenvalue weighted by Crippen LogP contribution is -2.18. The molecule has 0 bridgehead atoms. The first-order chi connectivity index (χ1) is 20.6. The maximum atomic E-state index is 12.7. The van der Waals surface area contributed by atoms with E-state index in [1.807, 2.05) is 42.6 Å². The van der Waals surface area contributed by atoms with E-state index in [2.05, 4.69) is 50.4 Å². The highest BCUT2D eigenvalue weighted by atomic mass is 32.1. The molecule has 2 aromatic heterocycles. The average Bonchev–Trinajstić information content (AvgIpc) is 3.59. The topological polar surface area (TPSA) is 74.3 Å². The van der Waals surface area contributed by atoms with Crippen molar-refractivity contribution in [3.05, 3.63) is 106 Å². The molecule has 7 nitrogen and oxygen atoms in total. The number of para-hydroxylation sites is 1. The van der Waals surface area contributed by atoms with Crippen LogP contribution in [0.15, 0.2) is 83.4 Å². The van der Waals surface area contributed by atoms with Gasteiger partial charge in [0.15, 0.2) is 10.6 Å². The number of ether oxygens (including phenoxy) is 1. The number of halogens is 3.